The van der Waals surface area contributed by atoms with Crippen molar-refractivity contribution in [1.82, 2.24) is 9.80 Å². The third-order valence-electron chi connectivity index (χ3n) is 3.71. The van der Waals surface area contributed by atoms with E-state index >= 15 is 0 Å². The minimum Gasteiger partial charge on any atom is -0.341 e. The molecular formula is C14H13BrN2O3. The van der Waals surface area contributed by atoms with E-state index in [1.54, 1.807) is 30.1 Å². The van der Waals surface area contributed by atoms with Gasteiger partial charge in [-0.2, -0.15) is 0 Å². The van der Waals surface area contributed by atoms with Crippen LogP contribution in [0.5, 0.6) is 0 Å². The fourth-order valence-electron chi connectivity index (χ4n) is 2.32. The highest BCUT2D eigenvalue weighted by molar-refractivity contribution is 9.10. The fraction of sp³-hybridized carbons (Fsp3) is 0.357. The number of hydrogen-bond donors (Lipinski definition) is 0. The Morgan fingerprint density at radius 1 is 1.30 bits per heavy atom. The Morgan fingerprint density at radius 2 is 1.95 bits per heavy atom. The molecule has 1 aliphatic carbocycles. The third-order valence-corrected chi connectivity index (χ3v) is 4.21. The molecule has 0 aromatic heterocycles. The number of carbonyl (C=O) groups is 3. The van der Waals surface area contributed by atoms with Gasteiger partial charge in [-0.25, -0.2) is 0 Å². The van der Waals surface area contributed by atoms with Gasteiger partial charge in [-0.3, -0.25) is 19.3 Å². The number of carbonyl (C=O) groups excluding carboxylic acids is 3. The number of hydrogen-bond acceptors (Lipinski definition) is 3. The van der Waals surface area contributed by atoms with Crippen molar-refractivity contribution >= 4 is 33.7 Å². The van der Waals surface area contributed by atoms with Gasteiger partial charge in [0.2, 0.25) is 5.91 Å². The lowest BCUT2D eigenvalue weighted by Gasteiger charge is -2.20. The van der Waals surface area contributed by atoms with E-state index in [1.165, 1.54) is 0 Å². The van der Waals surface area contributed by atoms with Crippen molar-refractivity contribution in [2.45, 2.75) is 18.9 Å². The molecule has 0 radical (unpaired) electrons. The van der Waals surface area contributed by atoms with Crippen LogP contribution < -0.4 is 0 Å². The Hall–Kier alpha value is -1.69. The van der Waals surface area contributed by atoms with Gasteiger partial charge in [-0.05, 0) is 31.0 Å². The minimum atomic E-state index is -0.399. The zero-order valence-electron chi connectivity index (χ0n) is 10.9. The number of amides is 3. The molecule has 0 spiro atoms. The molecule has 3 rings (SSSR count). The van der Waals surface area contributed by atoms with Gasteiger partial charge in [0.25, 0.3) is 11.8 Å². The van der Waals surface area contributed by atoms with Crippen molar-refractivity contribution < 1.29 is 14.4 Å². The van der Waals surface area contributed by atoms with Gasteiger partial charge in [0, 0.05) is 17.6 Å². The summed E-state index contributed by atoms with van der Waals surface area (Å²) in [5, 5.41) is 0. The fourth-order valence-corrected chi connectivity index (χ4v) is 2.68. The van der Waals surface area contributed by atoms with Crippen molar-refractivity contribution in [2.24, 2.45) is 0 Å². The van der Waals surface area contributed by atoms with Crippen LogP contribution in [-0.4, -0.2) is 47.2 Å². The summed E-state index contributed by atoms with van der Waals surface area (Å²) in [5.41, 5.74) is 0.714. The first kappa shape index (κ1) is 13.3. The van der Waals surface area contributed by atoms with E-state index in [-0.39, 0.29) is 18.5 Å². The number of imide groups is 1. The maximum Gasteiger partial charge on any atom is 0.262 e. The second-order valence-electron chi connectivity index (χ2n) is 5.12. The normalized spacial score (nSPS) is 17.4. The zero-order valence-corrected chi connectivity index (χ0v) is 12.5. The molecule has 1 aromatic rings. The summed E-state index contributed by atoms with van der Waals surface area (Å²) in [7, 11) is 1.72. The van der Waals surface area contributed by atoms with Crippen molar-refractivity contribution in [3.63, 3.8) is 0 Å². The molecule has 5 nitrogen and oxygen atoms in total. The second kappa shape index (κ2) is 4.70. The Labute approximate surface area is 124 Å². The standard InChI is InChI=1S/C14H13BrN2O3/c1-16(9-3-4-9)12(18)7-17-13(19)10-5-2-8(15)6-11(10)14(17)20/h2,5-6,9H,3-4,7H2,1H3. The van der Waals surface area contributed by atoms with Gasteiger partial charge in [0.15, 0.2) is 0 Å². The lowest BCUT2D eigenvalue weighted by Crippen LogP contribution is -2.41. The van der Waals surface area contributed by atoms with Crippen LogP contribution in [0, 0.1) is 0 Å². The maximum atomic E-state index is 12.2. The van der Waals surface area contributed by atoms with Gasteiger partial charge >= 0.3 is 0 Å². The highest BCUT2D eigenvalue weighted by atomic mass is 79.9. The highest BCUT2D eigenvalue weighted by Crippen LogP contribution is 2.28. The summed E-state index contributed by atoms with van der Waals surface area (Å²) >= 11 is 3.28. The first-order chi connectivity index (χ1) is 9.49. The van der Waals surface area contributed by atoms with E-state index in [2.05, 4.69) is 15.9 Å². The number of fused-ring (bicyclic) bond motifs is 1. The monoisotopic (exact) mass is 336 g/mol. The molecular weight excluding hydrogens is 324 g/mol. The molecule has 0 saturated heterocycles. The van der Waals surface area contributed by atoms with Crippen LogP contribution in [0.15, 0.2) is 22.7 Å². The van der Waals surface area contributed by atoms with Crippen LogP contribution in [0.2, 0.25) is 0 Å². The first-order valence-electron chi connectivity index (χ1n) is 6.40. The molecule has 0 atom stereocenters. The summed E-state index contributed by atoms with van der Waals surface area (Å²) in [4.78, 5) is 39.1. The first-order valence-corrected chi connectivity index (χ1v) is 7.19. The molecule has 1 fully saturated rings. The van der Waals surface area contributed by atoms with Crippen LogP contribution in [-0.2, 0) is 4.79 Å². The largest absolute Gasteiger partial charge is 0.341 e. The molecule has 1 heterocycles. The summed E-state index contributed by atoms with van der Waals surface area (Å²) in [6.45, 7) is -0.184. The van der Waals surface area contributed by atoms with Gasteiger partial charge in [-0.15, -0.1) is 0 Å². The Balaban J connectivity index is 1.81. The quantitative estimate of drug-likeness (QED) is 0.789. The summed E-state index contributed by atoms with van der Waals surface area (Å²) < 4.78 is 0.737. The average Bonchev–Trinajstić information content (AvgIpc) is 3.23. The Bertz CT molecular complexity index is 625. The van der Waals surface area contributed by atoms with Crippen molar-refractivity contribution in [1.29, 1.82) is 0 Å². The number of halogens is 1. The summed E-state index contributed by atoms with van der Waals surface area (Å²) in [6.07, 6.45) is 1.99. The van der Waals surface area contributed by atoms with Gasteiger partial charge in [0.05, 0.1) is 11.1 Å². The van der Waals surface area contributed by atoms with Crippen LogP contribution in [0.25, 0.3) is 0 Å². The zero-order chi connectivity index (χ0) is 14.4. The predicted molar refractivity (Wildman–Crippen MR) is 75.3 cm³/mol. The van der Waals surface area contributed by atoms with E-state index in [9.17, 15) is 14.4 Å². The predicted octanol–water partition coefficient (Wildman–Crippen LogP) is 1.67. The Morgan fingerprint density at radius 3 is 2.60 bits per heavy atom. The molecule has 0 bridgehead atoms. The van der Waals surface area contributed by atoms with E-state index < -0.39 is 11.8 Å². The molecule has 6 heteroatoms. The van der Waals surface area contributed by atoms with Crippen molar-refractivity contribution in [2.75, 3.05) is 13.6 Å². The van der Waals surface area contributed by atoms with Crippen LogP contribution in [0.4, 0.5) is 0 Å². The lowest BCUT2D eigenvalue weighted by molar-refractivity contribution is -0.130. The molecule has 104 valence electrons. The molecule has 1 aliphatic heterocycles. The molecule has 1 aromatic carbocycles. The second-order valence-corrected chi connectivity index (χ2v) is 6.04. The van der Waals surface area contributed by atoms with Crippen LogP contribution in [0.1, 0.15) is 33.6 Å². The third kappa shape index (κ3) is 2.14. The van der Waals surface area contributed by atoms with E-state index in [0.29, 0.717) is 11.1 Å². The van der Waals surface area contributed by atoms with Crippen LogP contribution >= 0.6 is 15.9 Å². The van der Waals surface area contributed by atoms with Crippen molar-refractivity contribution in [3.05, 3.63) is 33.8 Å². The number of likely N-dealkylation sites (N-methyl/N-ethyl adjacent to an activating group) is 1. The average molecular weight is 337 g/mol. The molecule has 1 saturated carbocycles. The molecule has 20 heavy (non-hydrogen) atoms. The maximum absolute atomic E-state index is 12.2. The topological polar surface area (TPSA) is 57.7 Å². The summed E-state index contributed by atoms with van der Waals surface area (Å²) in [6, 6.07) is 5.21. The highest BCUT2D eigenvalue weighted by Gasteiger charge is 2.38. The van der Waals surface area contributed by atoms with E-state index in [4.69, 9.17) is 0 Å². The molecule has 3 amide bonds. The number of benzene rings is 1. The van der Waals surface area contributed by atoms with Gasteiger partial charge < -0.3 is 4.90 Å². The molecule has 2 aliphatic rings. The van der Waals surface area contributed by atoms with Gasteiger partial charge in [-0.1, -0.05) is 15.9 Å². The van der Waals surface area contributed by atoms with Crippen LogP contribution in [0.3, 0.4) is 0 Å². The molecule has 0 unspecified atom stereocenters. The smallest absolute Gasteiger partial charge is 0.262 e. The summed E-state index contributed by atoms with van der Waals surface area (Å²) in [5.74, 6) is -0.986. The SMILES string of the molecule is CN(C(=O)CN1C(=O)c2ccc(Br)cc2C1=O)C1CC1. The van der Waals surface area contributed by atoms with E-state index in [0.717, 1.165) is 22.2 Å². The lowest BCUT2D eigenvalue weighted by atomic mass is 10.1. The number of nitrogens with zero attached hydrogens (tertiary/aromatic N) is 2. The van der Waals surface area contributed by atoms with Crippen molar-refractivity contribution in [3.8, 4) is 0 Å². The number of rotatable bonds is 3. The van der Waals surface area contributed by atoms with E-state index in [1.807, 2.05) is 0 Å². The Kier molecular flexibility index (Phi) is 3.12. The minimum absolute atomic E-state index is 0.184. The van der Waals surface area contributed by atoms with Gasteiger partial charge in [0.1, 0.15) is 6.54 Å². The molecule has 0 N–H and O–H groups in total.